The lowest BCUT2D eigenvalue weighted by Crippen LogP contribution is -2.16. The van der Waals surface area contributed by atoms with Gasteiger partial charge in [-0.15, -0.1) is 10.2 Å². The number of aryl methyl sites for hydroxylation is 2. The van der Waals surface area contributed by atoms with E-state index in [2.05, 4.69) is 18.6 Å². The van der Waals surface area contributed by atoms with Crippen molar-refractivity contribution in [1.82, 2.24) is 9.13 Å². The van der Waals surface area contributed by atoms with Crippen LogP contribution in [0.2, 0.25) is 0 Å². The van der Waals surface area contributed by atoms with Crippen LogP contribution in [0.3, 0.4) is 0 Å². The summed E-state index contributed by atoms with van der Waals surface area (Å²) in [5.74, 6) is -0.0570. The van der Waals surface area contributed by atoms with Gasteiger partial charge in [0, 0.05) is 25.2 Å². The molecule has 0 spiro atoms. The molecule has 0 saturated carbocycles. The second-order valence-corrected chi connectivity index (χ2v) is 10.8. The Kier molecular flexibility index (Phi) is 6.54. The van der Waals surface area contributed by atoms with Crippen LogP contribution >= 0.6 is 22.7 Å². The first-order valence-electron chi connectivity index (χ1n) is 9.65. The maximum Gasteiger partial charge on any atom is 0.446 e. The molecule has 2 heterocycles. The van der Waals surface area contributed by atoms with E-state index < -0.39 is 20.8 Å². The predicted octanol–water partition coefficient (Wildman–Crippen LogP) is 2.54. The Morgan fingerprint density at radius 1 is 0.765 bits per heavy atom. The Labute approximate surface area is 201 Å². The van der Waals surface area contributed by atoms with E-state index in [-0.39, 0.29) is 11.5 Å². The minimum Gasteiger partial charge on any atom is -0.362 e. The van der Waals surface area contributed by atoms with Crippen LogP contribution < -0.4 is 18.0 Å². The van der Waals surface area contributed by atoms with E-state index in [0.29, 0.717) is 32.1 Å². The van der Waals surface area contributed by atoms with Crippen molar-refractivity contribution in [3.05, 3.63) is 46.0 Å². The van der Waals surface area contributed by atoms with Gasteiger partial charge in [-0.05, 0) is 38.1 Å². The maximum atomic E-state index is 11.0. The van der Waals surface area contributed by atoms with E-state index in [4.69, 9.17) is 9.11 Å². The molecule has 0 radical (unpaired) electrons. The van der Waals surface area contributed by atoms with Crippen LogP contribution in [-0.2, 0) is 33.9 Å². The first-order valence-corrected chi connectivity index (χ1v) is 14.0. The Balaban J connectivity index is 1.83. The molecule has 2 aromatic carbocycles. The normalized spacial score (nSPS) is 13.8. The molecular formula is C18H18N4O8S4. The molecule has 0 atom stereocenters. The maximum absolute atomic E-state index is 11.0. The van der Waals surface area contributed by atoms with Crippen molar-refractivity contribution in [2.75, 3.05) is 0 Å². The Hall–Kier alpha value is -2.76. The quantitative estimate of drug-likeness (QED) is 0.264. The third-order valence-corrected chi connectivity index (χ3v) is 7.43. The van der Waals surface area contributed by atoms with Gasteiger partial charge < -0.3 is 17.5 Å². The summed E-state index contributed by atoms with van der Waals surface area (Å²) in [5.41, 5.74) is 1.58. The molecule has 0 aliphatic heterocycles. The summed E-state index contributed by atoms with van der Waals surface area (Å²) in [6.07, 6.45) is 0. The summed E-state index contributed by atoms with van der Waals surface area (Å²) in [5, 5.41) is 8.79. The number of nitrogens with zero attached hydrogens (tertiary/aromatic N) is 4. The summed E-state index contributed by atoms with van der Waals surface area (Å²) in [6, 6.07) is 9.16. The first-order chi connectivity index (χ1) is 16.0. The van der Waals surface area contributed by atoms with Gasteiger partial charge in [-0.25, -0.2) is 0 Å². The average molecular weight is 547 g/mol. The smallest absolute Gasteiger partial charge is 0.362 e. The summed E-state index contributed by atoms with van der Waals surface area (Å²) < 4.78 is 76.0. The standard InChI is InChI=1S/C18H18N4O8S4/c1-3-21-13-7-5-11(29-33(23,24)25)9-15(13)31-17(21)19-20-18-22(4-2)14-8-6-12(10-16(14)32-18)30-34(26,27)28/h5-10H,3-4H2,1-2H3,(H,23,24,25)(H,26,27,28). The van der Waals surface area contributed by atoms with Crippen molar-refractivity contribution in [3.63, 3.8) is 0 Å². The van der Waals surface area contributed by atoms with E-state index in [1.54, 1.807) is 12.1 Å². The van der Waals surface area contributed by atoms with Crippen LogP contribution in [0.4, 0.5) is 0 Å². The molecule has 2 aromatic heterocycles. The van der Waals surface area contributed by atoms with Gasteiger partial charge in [0.05, 0.1) is 20.4 Å². The average Bonchev–Trinajstić information content (AvgIpc) is 3.25. The fourth-order valence-corrected chi connectivity index (χ4v) is 6.15. The van der Waals surface area contributed by atoms with Crippen LogP contribution in [0.15, 0.2) is 46.6 Å². The first kappa shape index (κ1) is 24.4. The zero-order valence-electron chi connectivity index (χ0n) is 17.6. The van der Waals surface area contributed by atoms with Gasteiger partial charge in [0.15, 0.2) is 0 Å². The minimum atomic E-state index is -4.64. The number of thiazole rings is 2. The summed E-state index contributed by atoms with van der Waals surface area (Å²) >= 11 is 2.53. The fourth-order valence-electron chi connectivity index (χ4n) is 3.30. The molecule has 0 unspecified atom stereocenters. The number of benzene rings is 2. The third kappa shape index (κ3) is 5.31. The second-order valence-electron chi connectivity index (χ2n) is 6.74. The van der Waals surface area contributed by atoms with Crippen molar-refractivity contribution in [1.29, 1.82) is 0 Å². The van der Waals surface area contributed by atoms with Gasteiger partial charge in [0.25, 0.3) is 0 Å². The summed E-state index contributed by atoms with van der Waals surface area (Å²) in [6.45, 7) is 5.00. The number of hydrogen-bond donors (Lipinski definition) is 2. The van der Waals surface area contributed by atoms with Gasteiger partial charge in [0.2, 0.25) is 9.60 Å². The van der Waals surface area contributed by atoms with Crippen LogP contribution in [0.1, 0.15) is 13.8 Å². The van der Waals surface area contributed by atoms with Crippen LogP contribution in [0.25, 0.3) is 20.4 Å². The molecule has 0 amide bonds. The molecule has 16 heteroatoms. The van der Waals surface area contributed by atoms with Gasteiger partial charge in [0.1, 0.15) is 11.5 Å². The molecule has 0 bridgehead atoms. The van der Waals surface area contributed by atoms with Crippen LogP contribution in [0.5, 0.6) is 11.5 Å². The molecule has 0 fully saturated rings. The highest BCUT2D eigenvalue weighted by Crippen LogP contribution is 2.25. The summed E-state index contributed by atoms with van der Waals surface area (Å²) in [4.78, 5) is 1.11. The van der Waals surface area contributed by atoms with Gasteiger partial charge in [-0.3, -0.25) is 9.11 Å². The van der Waals surface area contributed by atoms with E-state index in [9.17, 15) is 16.8 Å². The lowest BCUT2D eigenvalue weighted by atomic mass is 10.3. The van der Waals surface area contributed by atoms with Crippen molar-refractivity contribution in [2.45, 2.75) is 26.9 Å². The number of fused-ring (bicyclic) bond motifs is 2. The van der Waals surface area contributed by atoms with Crippen molar-refractivity contribution in [2.24, 2.45) is 10.2 Å². The largest absolute Gasteiger partial charge is 0.446 e. The SMILES string of the molecule is CCn1c(=NN=c2sc3cc(OS(=O)(=O)O)ccc3n2CC)sc2cc(OS(=O)(=O)O)ccc21. The number of aromatic nitrogens is 2. The van der Waals surface area contributed by atoms with E-state index in [0.717, 1.165) is 11.0 Å². The second kappa shape index (κ2) is 9.12. The molecule has 2 N–H and O–H groups in total. The predicted molar refractivity (Wildman–Crippen MR) is 126 cm³/mol. The highest BCUT2D eigenvalue weighted by Gasteiger charge is 2.12. The zero-order chi connectivity index (χ0) is 24.7. The molecule has 182 valence electrons. The molecule has 12 nitrogen and oxygen atoms in total. The Morgan fingerprint density at radius 2 is 1.15 bits per heavy atom. The molecule has 0 saturated heterocycles. The molecule has 0 aliphatic rings. The zero-order valence-corrected chi connectivity index (χ0v) is 20.9. The fraction of sp³-hybridized carbons (Fsp3) is 0.222. The molecule has 0 aliphatic carbocycles. The lowest BCUT2D eigenvalue weighted by molar-refractivity contribution is 0.384. The van der Waals surface area contributed by atoms with Crippen molar-refractivity contribution in [3.8, 4) is 11.5 Å². The molecule has 34 heavy (non-hydrogen) atoms. The van der Waals surface area contributed by atoms with Crippen LogP contribution in [-0.4, -0.2) is 35.1 Å². The van der Waals surface area contributed by atoms with Gasteiger partial charge >= 0.3 is 20.8 Å². The monoisotopic (exact) mass is 546 g/mol. The van der Waals surface area contributed by atoms with E-state index >= 15 is 0 Å². The van der Waals surface area contributed by atoms with E-state index in [1.807, 2.05) is 23.0 Å². The topological polar surface area (TPSA) is 162 Å². The number of rotatable bonds is 7. The Morgan fingerprint density at radius 3 is 1.47 bits per heavy atom. The van der Waals surface area contributed by atoms with Crippen molar-refractivity contribution >= 4 is 63.9 Å². The third-order valence-electron chi connectivity index (χ3n) is 4.57. The van der Waals surface area contributed by atoms with Gasteiger partial charge in [-0.1, -0.05) is 22.7 Å². The number of hydrogen-bond acceptors (Lipinski definition) is 10. The molecule has 4 rings (SSSR count). The highest BCUT2D eigenvalue weighted by atomic mass is 32.3. The Bertz CT molecular complexity index is 1610. The molecular weight excluding hydrogens is 528 g/mol. The molecule has 4 aromatic rings. The highest BCUT2D eigenvalue weighted by molar-refractivity contribution is 7.81. The van der Waals surface area contributed by atoms with Gasteiger partial charge in [-0.2, -0.15) is 16.8 Å². The van der Waals surface area contributed by atoms with Crippen LogP contribution in [0, 0.1) is 0 Å². The van der Waals surface area contributed by atoms with Crippen molar-refractivity contribution < 1.29 is 34.3 Å². The summed E-state index contributed by atoms with van der Waals surface area (Å²) in [7, 11) is -9.27. The minimum absolute atomic E-state index is 0.0285. The van der Waals surface area contributed by atoms with E-state index in [1.165, 1.54) is 46.9 Å². The lowest BCUT2D eigenvalue weighted by Gasteiger charge is -2.03.